The van der Waals surface area contributed by atoms with Gasteiger partial charge in [0.15, 0.2) is 28.0 Å². The molecule has 0 saturated heterocycles. The van der Waals surface area contributed by atoms with Gasteiger partial charge in [0.2, 0.25) is 28.8 Å². The summed E-state index contributed by atoms with van der Waals surface area (Å²) in [6, 6.07) is 42.5. The van der Waals surface area contributed by atoms with Gasteiger partial charge in [-0.25, -0.2) is 15.0 Å². The van der Waals surface area contributed by atoms with Gasteiger partial charge < -0.3 is 64.8 Å². The summed E-state index contributed by atoms with van der Waals surface area (Å²) in [5, 5.41) is 44.0. The molecule has 0 bridgehead atoms. The Kier molecular flexibility index (Phi) is 18.5. The molecule has 3 aliphatic rings. The first-order chi connectivity index (χ1) is 46.3. The molecule has 4 amide bonds. The summed E-state index contributed by atoms with van der Waals surface area (Å²) >= 11 is 4.71. The van der Waals surface area contributed by atoms with E-state index in [1.54, 1.807) is 36.4 Å². The molecule has 0 atom stereocenters. The number of halogens is 1. The van der Waals surface area contributed by atoms with Crippen molar-refractivity contribution in [1.29, 1.82) is 0 Å². The number of nitrogens with zero attached hydrogens (tertiary/aromatic N) is 8. The SMILES string of the molecule is C=CC(=O)Cl.C=CC(=O)Nc1cccc2oc(-c3ccc4cc5n(c4c3)CCNC5=O)nc12.CC.Nc1c(O)cccc1[N+](=O)[O-].Nc1cccc2oc(-c3ccc4cc5n(c4c3)CCNC5=O)nc12.O=C1NCCn2c1cc1ccc(-c3nc4c([N+](=O)[O-])cccc4o3)cc12. The Morgan fingerprint density at radius 2 is 0.948 bits per heavy atom. The van der Waals surface area contributed by atoms with Gasteiger partial charge in [-0.15, -0.1) is 0 Å². The normalized spacial score (nSPS) is 12.6. The molecule has 13 aromatic rings. The molecule has 0 aliphatic carbocycles. The van der Waals surface area contributed by atoms with Crippen LogP contribution in [-0.4, -0.2) is 92.1 Å². The van der Waals surface area contributed by atoms with Crippen molar-refractivity contribution in [1.82, 2.24) is 44.6 Å². The predicted octanol–water partition coefficient (Wildman–Crippen LogP) is 12.0. The number of para-hydroxylation sites is 4. The smallest absolute Gasteiger partial charge is 0.298 e. The van der Waals surface area contributed by atoms with Crippen molar-refractivity contribution in [2.45, 2.75) is 33.5 Å². The van der Waals surface area contributed by atoms with Gasteiger partial charge in [0.1, 0.15) is 33.9 Å². The summed E-state index contributed by atoms with van der Waals surface area (Å²) in [5.74, 6) is 0.532. The van der Waals surface area contributed by atoms with Gasteiger partial charge in [-0.3, -0.25) is 44.2 Å². The van der Waals surface area contributed by atoms with E-state index in [0.717, 1.165) is 63.0 Å². The standard InChI is InChI=1S/C21H16N4O3.C18H12N4O4.C18H14N4O2.C6H6N2O3.C3H3ClO.C2H6/c1-2-18(26)23-14-4-3-5-17-19(14)24-21(28-17)13-7-6-12-10-16-20(27)22-8-9-25(16)15(12)11-13;23-17-14-8-10-4-5-11(9-13(10)21(14)7-6-19-17)18-20-16-12(22(24)25)2-1-3-15(16)26-18;19-12-2-1-3-15-16(12)21-18(24-15)11-5-4-10-8-14-17(23)20-6-7-22(14)13(10)9-11;7-6-4(8(10)11)2-1-3-5(6)9;1-2-3(4)5;1-2/h2-7,10-11H,1,8-9H2,(H,22,27)(H,23,26);1-5,8-9H,6-7H2,(H,19,23);1-5,8-9H,6-7,19H2,(H,20,23);1-3,9H,7H2;2H,1H2;1-2H3. The Morgan fingerprint density at radius 3 is 1.36 bits per heavy atom. The molecule has 9 heterocycles. The van der Waals surface area contributed by atoms with Gasteiger partial charge in [-0.1, -0.05) is 69.5 Å². The number of non-ortho nitro benzene ring substituents is 1. The molecule has 0 radical (unpaired) electrons. The van der Waals surface area contributed by atoms with Crippen LogP contribution in [0.3, 0.4) is 0 Å². The van der Waals surface area contributed by atoms with E-state index in [4.69, 9.17) is 41.4 Å². The van der Waals surface area contributed by atoms with E-state index in [-0.39, 0.29) is 52.0 Å². The molecule has 484 valence electrons. The van der Waals surface area contributed by atoms with Gasteiger partial charge in [-0.2, -0.15) is 0 Å². The number of aromatic hydroxyl groups is 1. The van der Waals surface area contributed by atoms with Crippen LogP contribution in [0, 0.1) is 20.2 Å². The van der Waals surface area contributed by atoms with Crippen molar-refractivity contribution in [3.05, 3.63) is 208 Å². The van der Waals surface area contributed by atoms with E-state index in [1.165, 1.54) is 30.3 Å². The monoisotopic (exact) mass is 1310 g/mol. The second-order valence-electron chi connectivity index (χ2n) is 21.1. The van der Waals surface area contributed by atoms with Crippen molar-refractivity contribution >= 4 is 135 Å². The van der Waals surface area contributed by atoms with E-state index in [9.17, 15) is 44.2 Å². The third-order valence-electron chi connectivity index (χ3n) is 15.3. The molecular formula is C68H57ClN14O13. The van der Waals surface area contributed by atoms with Crippen molar-refractivity contribution in [2.75, 3.05) is 36.4 Å². The number of carbonyl (C=O) groups excluding carboxylic acids is 5. The molecule has 16 rings (SSSR count). The van der Waals surface area contributed by atoms with E-state index in [0.29, 0.717) is 106 Å². The van der Waals surface area contributed by atoms with Crippen molar-refractivity contribution < 1.29 is 52.2 Å². The minimum absolute atomic E-state index is 0.0337. The molecule has 7 aromatic carbocycles. The summed E-state index contributed by atoms with van der Waals surface area (Å²) in [4.78, 5) is 90.9. The molecule has 27 nitrogen and oxygen atoms in total. The third-order valence-corrected chi connectivity index (χ3v) is 15.5. The first kappa shape index (κ1) is 64.6. The van der Waals surface area contributed by atoms with Crippen LogP contribution >= 0.6 is 11.6 Å². The first-order valence-corrected chi connectivity index (χ1v) is 30.0. The molecule has 3 aliphatic heterocycles. The maximum Gasteiger partial charge on any atom is 0.298 e. The summed E-state index contributed by atoms with van der Waals surface area (Å²) in [5.41, 5.74) is 22.1. The zero-order valence-electron chi connectivity index (χ0n) is 51.1. The Labute approximate surface area is 547 Å². The van der Waals surface area contributed by atoms with Gasteiger partial charge in [-0.05, 0) is 115 Å². The zero-order valence-corrected chi connectivity index (χ0v) is 51.9. The second-order valence-corrected chi connectivity index (χ2v) is 21.5. The van der Waals surface area contributed by atoms with Crippen LogP contribution in [0.25, 0.3) is 100 Å². The number of nitro benzene ring substituents is 2. The number of nitro groups is 2. The van der Waals surface area contributed by atoms with Crippen molar-refractivity contribution in [3.63, 3.8) is 0 Å². The number of hydrogen-bond donors (Lipinski definition) is 7. The highest BCUT2D eigenvalue weighted by Crippen LogP contribution is 2.36. The lowest BCUT2D eigenvalue weighted by Gasteiger charge is -2.16. The molecule has 28 heteroatoms. The number of benzene rings is 7. The highest BCUT2D eigenvalue weighted by atomic mass is 35.5. The summed E-state index contributed by atoms with van der Waals surface area (Å²) in [6.45, 7) is 14.5. The van der Waals surface area contributed by atoms with E-state index < -0.39 is 15.1 Å². The molecule has 96 heavy (non-hydrogen) atoms. The number of carbonyl (C=O) groups is 5. The van der Waals surface area contributed by atoms with E-state index >= 15 is 0 Å². The number of hydrogen-bond acceptors (Lipinski definition) is 18. The lowest BCUT2D eigenvalue weighted by Crippen LogP contribution is -2.34. The van der Waals surface area contributed by atoms with Crippen LogP contribution in [0.1, 0.15) is 45.3 Å². The average Bonchev–Trinajstić information content (AvgIpc) is 1.63. The largest absolute Gasteiger partial charge is 0.506 e. The maximum absolute atomic E-state index is 12.1. The van der Waals surface area contributed by atoms with Gasteiger partial charge in [0.25, 0.3) is 29.1 Å². The number of fused-ring (bicyclic) bond motifs is 12. The highest BCUT2D eigenvalue weighted by molar-refractivity contribution is 6.66. The predicted molar refractivity (Wildman–Crippen MR) is 363 cm³/mol. The fourth-order valence-electron chi connectivity index (χ4n) is 10.9. The Bertz CT molecular complexity index is 5310. The minimum Gasteiger partial charge on any atom is -0.506 e. The maximum atomic E-state index is 12.1. The molecule has 9 N–H and O–H groups in total. The van der Waals surface area contributed by atoms with Crippen LogP contribution in [0.5, 0.6) is 5.75 Å². The van der Waals surface area contributed by atoms with Crippen LogP contribution in [-0.2, 0) is 29.2 Å². The number of nitrogens with two attached hydrogens (primary N) is 2. The number of aromatic nitrogens is 6. The third kappa shape index (κ3) is 13.0. The van der Waals surface area contributed by atoms with Crippen molar-refractivity contribution in [2.24, 2.45) is 0 Å². The fourth-order valence-corrected chi connectivity index (χ4v) is 10.9. The number of anilines is 3. The molecular weight excluding hydrogens is 1260 g/mol. The number of amides is 4. The number of oxazole rings is 3. The number of phenolic OH excluding ortho intramolecular Hbond substituents is 1. The fraction of sp³-hybridized carbons (Fsp3) is 0.118. The number of nitrogens with one attached hydrogen (secondary N) is 4. The van der Waals surface area contributed by atoms with Crippen molar-refractivity contribution in [3.8, 4) is 40.1 Å². The van der Waals surface area contributed by atoms with Crippen LogP contribution in [0.2, 0.25) is 0 Å². The molecule has 0 spiro atoms. The summed E-state index contributed by atoms with van der Waals surface area (Å²) in [6.07, 6.45) is 2.25. The minimum atomic E-state index is -0.644. The van der Waals surface area contributed by atoms with Crippen LogP contribution < -0.4 is 32.7 Å². The highest BCUT2D eigenvalue weighted by Gasteiger charge is 2.25. The Hall–Kier alpha value is -12.9. The van der Waals surface area contributed by atoms with E-state index in [2.05, 4.69) is 49.4 Å². The second kappa shape index (κ2) is 27.5. The average molecular weight is 1310 g/mol. The lowest BCUT2D eigenvalue weighted by atomic mass is 10.1. The Morgan fingerprint density at radius 1 is 0.562 bits per heavy atom. The summed E-state index contributed by atoms with van der Waals surface area (Å²) < 4.78 is 23.5. The number of rotatable bonds is 8. The van der Waals surface area contributed by atoms with Crippen LogP contribution in [0.15, 0.2) is 184 Å². The number of allylic oxidation sites excluding steroid dienone is 1. The van der Waals surface area contributed by atoms with Gasteiger partial charge >= 0.3 is 0 Å². The quantitative estimate of drug-likeness (QED) is 0.0185. The van der Waals surface area contributed by atoms with E-state index in [1.807, 2.05) is 112 Å². The number of nitrogen functional groups attached to an aromatic ring is 2. The number of phenols is 1. The molecule has 6 aromatic heterocycles. The zero-order chi connectivity index (χ0) is 68.1. The summed E-state index contributed by atoms with van der Waals surface area (Å²) in [7, 11) is 0. The molecule has 0 saturated carbocycles. The van der Waals surface area contributed by atoms with Crippen LogP contribution in [0.4, 0.5) is 28.4 Å². The topological polar surface area (TPSA) is 385 Å². The first-order valence-electron chi connectivity index (χ1n) is 29.7. The lowest BCUT2D eigenvalue weighted by molar-refractivity contribution is -0.384. The molecule has 0 unspecified atom stereocenters. The van der Waals surface area contributed by atoms with Gasteiger partial charge in [0, 0.05) is 101 Å². The molecule has 0 fully saturated rings. The van der Waals surface area contributed by atoms with Gasteiger partial charge in [0.05, 0.1) is 21.2 Å². The Balaban J connectivity index is 0.000000130.